The molecule has 4 aromatic rings. The Hall–Kier alpha value is -3.52. The van der Waals surface area contributed by atoms with Gasteiger partial charge in [0.1, 0.15) is 23.0 Å². The van der Waals surface area contributed by atoms with Crippen molar-refractivity contribution in [2.75, 3.05) is 37.4 Å². The maximum atomic E-state index is 15.2. The summed E-state index contributed by atoms with van der Waals surface area (Å²) in [5.41, 5.74) is 7.15. The summed E-state index contributed by atoms with van der Waals surface area (Å²) in [6.07, 6.45) is -1.21. The SMILES string of the molecule is CCC1(N2CCC(Nc3nc(N)c4c(-c5ccc6nc(C)n(CC(F)F)c6n5)c(F)cn4n3)C(F)C2)COC1. The number of alkyl halides is 3. The van der Waals surface area contributed by atoms with Gasteiger partial charge in [0.25, 0.3) is 6.43 Å². The highest BCUT2D eigenvalue weighted by Crippen LogP contribution is 2.34. The van der Waals surface area contributed by atoms with Crippen LogP contribution in [0, 0.1) is 12.7 Å². The van der Waals surface area contributed by atoms with Crippen LogP contribution in [0.2, 0.25) is 0 Å². The van der Waals surface area contributed by atoms with Crippen LogP contribution < -0.4 is 11.1 Å². The molecule has 2 atom stereocenters. The predicted molar refractivity (Wildman–Crippen MR) is 137 cm³/mol. The number of anilines is 2. The minimum Gasteiger partial charge on any atom is -0.382 e. The largest absolute Gasteiger partial charge is 0.382 e. The molecule has 0 saturated carbocycles. The van der Waals surface area contributed by atoms with E-state index in [1.54, 1.807) is 19.1 Å². The molecular weight excluding hydrogens is 518 g/mol. The fraction of sp³-hybridized carbons (Fsp3) is 0.520. The number of halogens is 4. The zero-order valence-electron chi connectivity index (χ0n) is 21.5. The summed E-state index contributed by atoms with van der Waals surface area (Å²) in [5, 5.41) is 7.37. The van der Waals surface area contributed by atoms with Gasteiger partial charge in [-0.2, -0.15) is 4.98 Å². The third-order valence-corrected chi connectivity index (χ3v) is 7.90. The highest BCUT2D eigenvalue weighted by atomic mass is 19.3. The Morgan fingerprint density at radius 2 is 2.03 bits per heavy atom. The Morgan fingerprint density at radius 3 is 2.69 bits per heavy atom. The Bertz CT molecular complexity index is 1530. The van der Waals surface area contributed by atoms with Gasteiger partial charge in [-0.05, 0) is 31.9 Å². The Balaban J connectivity index is 1.28. The van der Waals surface area contributed by atoms with Crippen molar-refractivity contribution in [1.82, 2.24) is 34.0 Å². The van der Waals surface area contributed by atoms with E-state index in [2.05, 4.69) is 37.2 Å². The van der Waals surface area contributed by atoms with Crippen LogP contribution in [0.4, 0.5) is 29.3 Å². The first-order chi connectivity index (χ1) is 18.7. The van der Waals surface area contributed by atoms with E-state index in [0.29, 0.717) is 37.5 Å². The van der Waals surface area contributed by atoms with Gasteiger partial charge in [-0.1, -0.05) is 6.92 Å². The fourth-order valence-corrected chi connectivity index (χ4v) is 5.61. The monoisotopic (exact) mass is 547 g/mol. The Labute approximate surface area is 221 Å². The van der Waals surface area contributed by atoms with Crippen LogP contribution in [0.3, 0.4) is 0 Å². The third kappa shape index (κ3) is 4.35. The number of pyridine rings is 1. The molecule has 0 aliphatic carbocycles. The molecule has 0 aromatic carbocycles. The third-order valence-electron chi connectivity index (χ3n) is 7.90. The van der Waals surface area contributed by atoms with E-state index in [1.807, 2.05) is 0 Å². The second-order valence-electron chi connectivity index (χ2n) is 10.2. The first-order valence-corrected chi connectivity index (χ1v) is 12.9. The molecule has 0 bridgehead atoms. The van der Waals surface area contributed by atoms with Gasteiger partial charge in [-0.3, -0.25) is 4.90 Å². The molecular formula is C25H29F4N9O. The maximum absolute atomic E-state index is 15.2. The van der Waals surface area contributed by atoms with Gasteiger partial charge in [0.15, 0.2) is 17.3 Å². The minimum absolute atomic E-state index is 0.0324. The molecule has 10 nitrogen and oxygen atoms in total. The van der Waals surface area contributed by atoms with Crippen molar-refractivity contribution in [2.24, 2.45) is 0 Å². The van der Waals surface area contributed by atoms with E-state index in [-0.39, 0.29) is 46.3 Å². The average Bonchev–Trinajstić information content (AvgIpc) is 3.35. The van der Waals surface area contributed by atoms with Crippen molar-refractivity contribution in [3.8, 4) is 11.3 Å². The summed E-state index contributed by atoms with van der Waals surface area (Å²) in [5.74, 6) is -0.247. The number of imidazole rings is 1. The number of likely N-dealkylation sites (tertiary alicyclic amines) is 1. The van der Waals surface area contributed by atoms with E-state index < -0.39 is 31.0 Å². The van der Waals surface area contributed by atoms with Crippen molar-refractivity contribution in [1.29, 1.82) is 0 Å². The lowest BCUT2D eigenvalue weighted by molar-refractivity contribution is -0.153. The van der Waals surface area contributed by atoms with Crippen molar-refractivity contribution in [3.63, 3.8) is 0 Å². The van der Waals surface area contributed by atoms with E-state index >= 15 is 8.78 Å². The smallest absolute Gasteiger partial charge is 0.256 e. The molecule has 2 aliphatic heterocycles. The molecule has 39 heavy (non-hydrogen) atoms. The summed E-state index contributed by atoms with van der Waals surface area (Å²) in [6, 6.07) is 2.60. The van der Waals surface area contributed by atoms with Gasteiger partial charge in [-0.15, -0.1) is 5.10 Å². The number of nitrogens with two attached hydrogens (primary N) is 1. The summed E-state index contributed by atoms with van der Waals surface area (Å²) < 4.78 is 64.6. The lowest BCUT2D eigenvalue weighted by Crippen LogP contribution is -2.66. The number of piperidine rings is 1. The number of fused-ring (bicyclic) bond motifs is 2. The fourth-order valence-electron chi connectivity index (χ4n) is 5.61. The zero-order chi connectivity index (χ0) is 27.5. The van der Waals surface area contributed by atoms with Gasteiger partial charge in [0, 0.05) is 13.1 Å². The summed E-state index contributed by atoms with van der Waals surface area (Å²) >= 11 is 0. The molecule has 4 aromatic heterocycles. The van der Waals surface area contributed by atoms with Gasteiger partial charge < -0.3 is 20.4 Å². The van der Waals surface area contributed by atoms with Crippen LogP contribution in [0.1, 0.15) is 25.6 Å². The Kier molecular flexibility index (Phi) is 6.33. The number of rotatable bonds is 7. The second-order valence-corrected chi connectivity index (χ2v) is 10.2. The van der Waals surface area contributed by atoms with Gasteiger partial charge >= 0.3 is 0 Å². The first kappa shape index (κ1) is 25.7. The van der Waals surface area contributed by atoms with Crippen molar-refractivity contribution >= 4 is 28.4 Å². The molecule has 2 saturated heterocycles. The lowest BCUT2D eigenvalue weighted by atomic mass is 9.88. The molecule has 0 radical (unpaired) electrons. The van der Waals surface area contributed by atoms with Crippen LogP contribution in [0.5, 0.6) is 0 Å². The molecule has 3 N–H and O–H groups in total. The number of nitrogens with zero attached hydrogens (tertiary/aromatic N) is 7. The van der Waals surface area contributed by atoms with Crippen LogP contribution >= 0.6 is 0 Å². The topological polar surface area (TPSA) is 111 Å². The van der Waals surface area contributed by atoms with E-state index in [0.717, 1.165) is 12.6 Å². The molecule has 0 amide bonds. The van der Waals surface area contributed by atoms with E-state index in [4.69, 9.17) is 10.5 Å². The predicted octanol–water partition coefficient (Wildman–Crippen LogP) is 3.44. The van der Waals surface area contributed by atoms with Crippen LogP contribution in [-0.2, 0) is 11.3 Å². The van der Waals surface area contributed by atoms with Crippen LogP contribution in [0.15, 0.2) is 18.3 Å². The maximum Gasteiger partial charge on any atom is 0.256 e. The highest BCUT2D eigenvalue weighted by molar-refractivity contribution is 5.89. The number of aryl methyl sites for hydroxylation is 1. The van der Waals surface area contributed by atoms with Gasteiger partial charge in [0.2, 0.25) is 5.95 Å². The minimum atomic E-state index is -2.61. The quantitative estimate of drug-likeness (QED) is 0.339. The van der Waals surface area contributed by atoms with E-state index in [9.17, 15) is 8.78 Å². The number of aromatic nitrogens is 6. The standard InChI is InChI=1S/C25H29F4N9O/c1-3-25(11-39-12-25)36-7-6-16(14(26)8-36)33-24-34-22(30)21-20(15(27)9-38(21)35-24)17-4-5-18-23(32-17)37(10-19(28)29)13(2)31-18/h4-5,9,14,16,19H,3,6-8,10-12H2,1-2H3,(H3,30,33,34,35). The molecule has 0 spiro atoms. The first-order valence-electron chi connectivity index (χ1n) is 12.9. The summed E-state index contributed by atoms with van der Waals surface area (Å²) in [7, 11) is 0. The number of ether oxygens (including phenoxy) is 1. The Morgan fingerprint density at radius 1 is 1.23 bits per heavy atom. The number of nitrogens with one attached hydrogen (secondary N) is 1. The van der Waals surface area contributed by atoms with Crippen molar-refractivity contribution < 1.29 is 22.3 Å². The lowest BCUT2D eigenvalue weighted by Gasteiger charge is -2.52. The molecule has 6 rings (SSSR count). The van der Waals surface area contributed by atoms with E-state index in [1.165, 1.54) is 9.08 Å². The number of nitrogen functional groups attached to an aromatic ring is 1. The molecule has 2 unspecified atom stereocenters. The number of hydrogen-bond donors (Lipinski definition) is 2. The summed E-state index contributed by atoms with van der Waals surface area (Å²) in [6.45, 7) is 5.30. The molecule has 2 aliphatic rings. The van der Waals surface area contributed by atoms with Crippen LogP contribution in [-0.4, -0.2) is 84.5 Å². The molecule has 6 heterocycles. The average molecular weight is 548 g/mol. The summed E-state index contributed by atoms with van der Waals surface area (Å²) in [4.78, 5) is 15.1. The molecule has 14 heteroatoms. The van der Waals surface area contributed by atoms with Gasteiger partial charge in [-0.25, -0.2) is 32.0 Å². The highest BCUT2D eigenvalue weighted by Gasteiger charge is 2.46. The van der Waals surface area contributed by atoms with Crippen LogP contribution in [0.25, 0.3) is 27.9 Å². The number of hydrogen-bond acceptors (Lipinski definition) is 8. The van der Waals surface area contributed by atoms with Crippen molar-refractivity contribution in [3.05, 3.63) is 30.0 Å². The zero-order valence-corrected chi connectivity index (χ0v) is 21.5. The second kappa shape index (κ2) is 9.59. The molecule has 2 fully saturated rings. The van der Waals surface area contributed by atoms with Crippen molar-refractivity contribution in [2.45, 2.75) is 57.4 Å². The van der Waals surface area contributed by atoms with Gasteiger partial charge in [0.05, 0.1) is 48.8 Å². The molecule has 208 valence electrons. The normalized spacial score (nSPS) is 21.6.